The van der Waals surface area contributed by atoms with E-state index in [-0.39, 0.29) is 17.1 Å². The van der Waals surface area contributed by atoms with E-state index in [0.29, 0.717) is 0 Å². The zero-order valence-corrected chi connectivity index (χ0v) is 14.8. The van der Waals surface area contributed by atoms with E-state index >= 15 is 0 Å². The van der Waals surface area contributed by atoms with Crippen molar-refractivity contribution in [1.82, 2.24) is 0 Å². The Morgan fingerprint density at radius 3 is 2.16 bits per heavy atom. The molecule has 0 spiro atoms. The normalized spacial score (nSPS) is 17.6. The summed E-state index contributed by atoms with van der Waals surface area (Å²) in [6.45, 7) is 17.5. The van der Waals surface area contributed by atoms with E-state index in [1.54, 1.807) is 6.08 Å². The Labute approximate surface area is 120 Å². The van der Waals surface area contributed by atoms with Gasteiger partial charge in [-0.1, -0.05) is 39.8 Å². The number of hydrogen-bond donors (Lipinski definition) is 0. The standard InChI is InChI=1S/C16H30O2Si/c1-9-13(2)15(14(3)11-10-12-17)18-19(7,8)16(4,5)6/h9-12,14-15H,1-8H3/b11-10+,13-9+/t14-,15+/m0/s1. The van der Waals surface area contributed by atoms with Gasteiger partial charge in [-0.2, -0.15) is 0 Å². The van der Waals surface area contributed by atoms with Crippen molar-refractivity contribution < 1.29 is 9.22 Å². The van der Waals surface area contributed by atoms with Gasteiger partial charge in [-0.05, 0) is 43.6 Å². The molecule has 3 heteroatoms. The van der Waals surface area contributed by atoms with E-state index in [1.807, 2.05) is 13.0 Å². The SMILES string of the molecule is C/C=C(\C)[C@@H](O[Si](C)(C)C(C)(C)C)[C@@H](C)/C=C/C=O. The predicted octanol–water partition coefficient (Wildman–Crippen LogP) is 4.73. The van der Waals surface area contributed by atoms with Crippen molar-refractivity contribution in [2.24, 2.45) is 5.92 Å². The van der Waals surface area contributed by atoms with Crippen molar-refractivity contribution in [2.75, 3.05) is 0 Å². The van der Waals surface area contributed by atoms with E-state index < -0.39 is 8.32 Å². The molecule has 2 atom stereocenters. The third-order valence-electron chi connectivity index (χ3n) is 4.10. The molecule has 0 rings (SSSR count). The molecule has 0 radical (unpaired) electrons. The molecule has 0 N–H and O–H groups in total. The Balaban J connectivity index is 5.20. The number of carbonyl (C=O) groups is 1. The lowest BCUT2D eigenvalue weighted by molar-refractivity contribution is -0.104. The third kappa shape index (κ3) is 5.45. The van der Waals surface area contributed by atoms with Crippen molar-refractivity contribution >= 4 is 14.6 Å². The monoisotopic (exact) mass is 282 g/mol. The Morgan fingerprint density at radius 2 is 1.79 bits per heavy atom. The molecule has 0 fully saturated rings. The van der Waals surface area contributed by atoms with Crippen LogP contribution in [0.1, 0.15) is 41.5 Å². The molecule has 19 heavy (non-hydrogen) atoms. The Hall–Kier alpha value is -0.673. The topological polar surface area (TPSA) is 26.3 Å². The summed E-state index contributed by atoms with van der Waals surface area (Å²) in [5.41, 5.74) is 1.23. The summed E-state index contributed by atoms with van der Waals surface area (Å²) in [7, 11) is -1.81. The largest absolute Gasteiger partial charge is 0.410 e. The van der Waals surface area contributed by atoms with Gasteiger partial charge in [-0.15, -0.1) is 0 Å². The molecule has 0 heterocycles. The summed E-state index contributed by atoms with van der Waals surface area (Å²) in [5, 5.41) is 0.188. The summed E-state index contributed by atoms with van der Waals surface area (Å²) in [4.78, 5) is 10.5. The van der Waals surface area contributed by atoms with Gasteiger partial charge in [-0.3, -0.25) is 4.79 Å². The maximum Gasteiger partial charge on any atom is 0.192 e. The summed E-state index contributed by atoms with van der Waals surface area (Å²) in [6, 6.07) is 0. The van der Waals surface area contributed by atoms with Crippen molar-refractivity contribution in [1.29, 1.82) is 0 Å². The van der Waals surface area contributed by atoms with Crippen LogP contribution in [0.3, 0.4) is 0 Å². The van der Waals surface area contributed by atoms with E-state index in [4.69, 9.17) is 4.43 Å². The van der Waals surface area contributed by atoms with Gasteiger partial charge < -0.3 is 4.43 Å². The first-order chi connectivity index (χ1) is 8.56. The minimum atomic E-state index is -1.81. The molecule has 0 aromatic carbocycles. The van der Waals surface area contributed by atoms with Crippen LogP contribution in [-0.4, -0.2) is 20.7 Å². The number of carbonyl (C=O) groups excluding carboxylic acids is 1. The van der Waals surface area contributed by atoms with E-state index in [9.17, 15) is 4.79 Å². The van der Waals surface area contributed by atoms with Gasteiger partial charge in [0.1, 0.15) is 6.29 Å². The highest BCUT2D eigenvalue weighted by Crippen LogP contribution is 2.39. The molecule has 0 aliphatic heterocycles. The maximum absolute atomic E-state index is 10.5. The van der Waals surface area contributed by atoms with Gasteiger partial charge in [0.2, 0.25) is 0 Å². The summed E-state index contributed by atoms with van der Waals surface area (Å²) in [6.07, 6.45) is 6.48. The second-order valence-corrected chi connectivity index (χ2v) is 11.5. The smallest absolute Gasteiger partial charge is 0.192 e. The van der Waals surface area contributed by atoms with Crippen molar-refractivity contribution in [3.63, 3.8) is 0 Å². The highest BCUT2D eigenvalue weighted by atomic mass is 28.4. The first-order valence-corrected chi connectivity index (χ1v) is 9.90. The predicted molar refractivity (Wildman–Crippen MR) is 85.9 cm³/mol. The molecule has 110 valence electrons. The second kappa shape index (κ2) is 7.20. The van der Waals surface area contributed by atoms with Crippen LogP contribution in [0.5, 0.6) is 0 Å². The van der Waals surface area contributed by atoms with Gasteiger partial charge in [0, 0.05) is 5.92 Å². The first kappa shape index (κ1) is 18.3. The molecule has 0 bridgehead atoms. The van der Waals surface area contributed by atoms with E-state index in [1.165, 1.54) is 5.57 Å². The lowest BCUT2D eigenvalue weighted by Gasteiger charge is -2.41. The van der Waals surface area contributed by atoms with Gasteiger partial charge in [-0.25, -0.2) is 0 Å². The zero-order valence-electron chi connectivity index (χ0n) is 13.8. The minimum absolute atomic E-state index is 0.0575. The fourth-order valence-corrected chi connectivity index (χ4v) is 2.98. The van der Waals surface area contributed by atoms with Crippen LogP contribution in [-0.2, 0) is 9.22 Å². The van der Waals surface area contributed by atoms with E-state index in [0.717, 1.165) is 6.29 Å². The van der Waals surface area contributed by atoms with Crippen molar-refractivity contribution in [3.05, 3.63) is 23.8 Å². The van der Waals surface area contributed by atoms with Crippen LogP contribution in [0.4, 0.5) is 0 Å². The number of allylic oxidation sites excluding steroid dienone is 2. The highest BCUT2D eigenvalue weighted by Gasteiger charge is 2.40. The molecular formula is C16H30O2Si. The lowest BCUT2D eigenvalue weighted by atomic mass is 9.98. The van der Waals surface area contributed by atoms with Crippen LogP contribution in [0.2, 0.25) is 18.1 Å². The van der Waals surface area contributed by atoms with Gasteiger partial charge in [0.05, 0.1) is 6.10 Å². The first-order valence-electron chi connectivity index (χ1n) is 6.99. The fourth-order valence-electron chi connectivity index (χ4n) is 1.59. The quantitative estimate of drug-likeness (QED) is 0.304. The number of rotatable bonds is 6. The Kier molecular flexibility index (Phi) is 6.95. The number of hydrogen-bond acceptors (Lipinski definition) is 2. The third-order valence-corrected chi connectivity index (χ3v) is 8.56. The zero-order chi connectivity index (χ0) is 15.3. The maximum atomic E-state index is 10.5. The van der Waals surface area contributed by atoms with Crippen LogP contribution in [0, 0.1) is 5.92 Å². The second-order valence-electron chi connectivity index (χ2n) is 6.71. The molecule has 2 nitrogen and oxygen atoms in total. The molecule has 0 saturated heterocycles. The Morgan fingerprint density at radius 1 is 1.26 bits per heavy atom. The summed E-state index contributed by atoms with van der Waals surface area (Å²) < 4.78 is 6.52. The van der Waals surface area contributed by atoms with Crippen LogP contribution >= 0.6 is 0 Å². The molecule has 0 saturated carbocycles. The van der Waals surface area contributed by atoms with Crippen LogP contribution in [0.25, 0.3) is 0 Å². The van der Waals surface area contributed by atoms with Gasteiger partial charge in [0.25, 0.3) is 0 Å². The van der Waals surface area contributed by atoms with Crippen molar-refractivity contribution in [2.45, 2.75) is 65.8 Å². The van der Waals surface area contributed by atoms with Crippen LogP contribution < -0.4 is 0 Å². The van der Waals surface area contributed by atoms with Gasteiger partial charge in [0.15, 0.2) is 8.32 Å². The van der Waals surface area contributed by atoms with Gasteiger partial charge >= 0.3 is 0 Å². The fraction of sp³-hybridized carbons (Fsp3) is 0.688. The summed E-state index contributed by atoms with van der Waals surface area (Å²) >= 11 is 0. The molecule has 0 amide bonds. The molecule has 0 aliphatic carbocycles. The Bertz CT molecular complexity index is 348. The van der Waals surface area contributed by atoms with E-state index in [2.05, 4.69) is 53.8 Å². The molecule has 0 unspecified atom stereocenters. The van der Waals surface area contributed by atoms with Crippen LogP contribution in [0.15, 0.2) is 23.8 Å². The average molecular weight is 282 g/mol. The highest BCUT2D eigenvalue weighted by molar-refractivity contribution is 6.74. The number of aldehydes is 1. The molecule has 0 aliphatic rings. The molecule has 0 aromatic rings. The average Bonchev–Trinajstić information content (AvgIpc) is 2.30. The minimum Gasteiger partial charge on any atom is -0.410 e. The summed E-state index contributed by atoms with van der Waals surface area (Å²) in [5.74, 6) is 0.204. The molecular weight excluding hydrogens is 252 g/mol. The van der Waals surface area contributed by atoms with Crippen molar-refractivity contribution in [3.8, 4) is 0 Å². The molecule has 0 aromatic heterocycles. The lowest BCUT2D eigenvalue weighted by Crippen LogP contribution is -2.45.